The summed E-state index contributed by atoms with van der Waals surface area (Å²) >= 11 is 0. The van der Waals surface area contributed by atoms with E-state index >= 15 is 0 Å². The molecule has 0 aliphatic heterocycles. The summed E-state index contributed by atoms with van der Waals surface area (Å²) in [5.74, 6) is -0.0594. The van der Waals surface area contributed by atoms with Gasteiger partial charge >= 0.3 is 0 Å². The third-order valence-corrected chi connectivity index (χ3v) is 3.39. The van der Waals surface area contributed by atoms with Crippen LogP contribution in [0.1, 0.15) is 22.8 Å². The highest BCUT2D eigenvalue weighted by atomic mass is 16.5. The highest BCUT2D eigenvalue weighted by Crippen LogP contribution is 2.28. The fourth-order valence-corrected chi connectivity index (χ4v) is 2.21. The van der Waals surface area contributed by atoms with Crippen LogP contribution in [0, 0.1) is 0 Å². The largest absolute Gasteiger partial charge is 0.546 e. The molecule has 0 bridgehead atoms. The molecule has 0 spiro atoms. The van der Waals surface area contributed by atoms with Gasteiger partial charge in [0.1, 0.15) is 12.4 Å². The Morgan fingerprint density at radius 3 is 2.58 bits per heavy atom. The number of aliphatic carboxylic acids is 1. The van der Waals surface area contributed by atoms with Gasteiger partial charge in [0, 0.05) is 5.56 Å². The molecule has 6 heteroatoms. The molecule has 0 saturated heterocycles. The second-order valence-corrected chi connectivity index (χ2v) is 5.23. The first-order chi connectivity index (χ1) is 12.5. The van der Waals surface area contributed by atoms with Crippen LogP contribution < -0.4 is 19.3 Å². The van der Waals surface area contributed by atoms with Gasteiger partial charge in [-0.2, -0.15) is 0 Å². The molecule has 0 atom stereocenters. The van der Waals surface area contributed by atoms with Crippen molar-refractivity contribution in [3.8, 4) is 17.2 Å². The number of carboxylic acids is 1. The molecule has 0 saturated carbocycles. The molecule has 26 heavy (non-hydrogen) atoms. The van der Waals surface area contributed by atoms with Gasteiger partial charge in [0.2, 0.25) is 0 Å². The number of hydrogen-bond donors (Lipinski definition) is 0. The van der Waals surface area contributed by atoms with Crippen molar-refractivity contribution in [2.45, 2.75) is 6.92 Å². The normalized spacial score (nSPS) is 10.5. The van der Waals surface area contributed by atoms with Crippen LogP contribution >= 0.6 is 0 Å². The monoisotopic (exact) mass is 355 g/mol. The molecule has 0 amide bonds. The number of carbonyl (C=O) groups is 2. The Kier molecular flexibility index (Phi) is 6.79. The molecule has 2 rings (SSSR count). The van der Waals surface area contributed by atoms with Gasteiger partial charge in [-0.15, -0.1) is 0 Å². The van der Waals surface area contributed by atoms with Crippen molar-refractivity contribution in [2.75, 3.05) is 20.3 Å². The number of allylic oxidation sites excluding steroid dienone is 1. The summed E-state index contributed by atoms with van der Waals surface area (Å²) in [6.45, 7) is 1.81. The Balaban J connectivity index is 2.12. The van der Waals surface area contributed by atoms with Gasteiger partial charge in [0.15, 0.2) is 17.3 Å². The van der Waals surface area contributed by atoms with Crippen LogP contribution in [0.25, 0.3) is 6.08 Å². The first-order valence-corrected chi connectivity index (χ1v) is 7.99. The molecule has 0 aromatic heterocycles. The molecule has 0 fully saturated rings. The number of rotatable bonds is 9. The maximum absolute atomic E-state index is 12.3. The van der Waals surface area contributed by atoms with E-state index in [4.69, 9.17) is 14.2 Å². The molecule has 2 aromatic rings. The SMILES string of the molecule is CCOc1cc(/C=C/C(=O)c2cccc(OCC(=O)[O-])c2)ccc1OC. The van der Waals surface area contributed by atoms with Gasteiger partial charge in [-0.25, -0.2) is 0 Å². The van der Waals surface area contributed by atoms with E-state index in [1.165, 1.54) is 12.1 Å². The zero-order valence-corrected chi connectivity index (χ0v) is 14.6. The Bertz CT molecular complexity index is 810. The van der Waals surface area contributed by atoms with Crippen molar-refractivity contribution in [3.05, 3.63) is 59.7 Å². The summed E-state index contributed by atoms with van der Waals surface area (Å²) in [5.41, 5.74) is 1.17. The van der Waals surface area contributed by atoms with Gasteiger partial charge < -0.3 is 24.1 Å². The molecular weight excluding hydrogens is 336 g/mol. The van der Waals surface area contributed by atoms with Crippen LogP contribution in [0.5, 0.6) is 17.2 Å². The summed E-state index contributed by atoms with van der Waals surface area (Å²) in [6.07, 6.45) is 3.09. The molecule has 0 N–H and O–H groups in total. The van der Waals surface area contributed by atoms with Gasteiger partial charge in [-0.3, -0.25) is 4.79 Å². The predicted molar refractivity (Wildman–Crippen MR) is 94.5 cm³/mol. The highest BCUT2D eigenvalue weighted by Gasteiger charge is 2.06. The first kappa shape index (κ1) is 19.1. The van der Waals surface area contributed by atoms with E-state index in [9.17, 15) is 14.7 Å². The van der Waals surface area contributed by atoms with E-state index in [0.29, 0.717) is 23.7 Å². The fourth-order valence-electron chi connectivity index (χ4n) is 2.21. The molecular formula is C20H19O6-. The highest BCUT2D eigenvalue weighted by molar-refractivity contribution is 6.07. The zero-order valence-electron chi connectivity index (χ0n) is 14.6. The van der Waals surface area contributed by atoms with Gasteiger partial charge in [-0.05, 0) is 42.8 Å². The van der Waals surface area contributed by atoms with E-state index < -0.39 is 12.6 Å². The van der Waals surface area contributed by atoms with E-state index in [-0.39, 0.29) is 11.5 Å². The van der Waals surface area contributed by atoms with Gasteiger partial charge in [-0.1, -0.05) is 24.3 Å². The van der Waals surface area contributed by atoms with E-state index in [1.54, 1.807) is 43.5 Å². The number of ketones is 1. The smallest absolute Gasteiger partial charge is 0.185 e. The van der Waals surface area contributed by atoms with Crippen molar-refractivity contribution in [1.29, 1.82) is 0 Å². The van der Waals surface area contributed by atoms with Crippen LogP contribution in [0.4, 0.5) is 0 Å². The minimum Gasteiger partial charge on any atom is -0.546 e. The number of ether oxygens (including phenoxy) is 3. The topological polar surface area (TPSA) is 84.9 Å². The van der Waals surface area contributed by atoms with Crippen molar-refractivity contribution in [2.24, 2.45) is 0 Å². The third-order valence-electron chi connectivity index (χ3n) is 3.39. The second-order valence-electron chi connectivity index (χ2n) is 5.23. The molecule has 0 unspecified atom stereocenters. The summed E-state index contributed by atoms with van der Waals surface area (Å²) in [5, 5.41) is 10.4. The Labute approximate surface area is 151 Å². The van der Waals surface area contributed by atoms with E-state index in [0.717, 1.165) is 5.56 Å². The van der Waals surface area contributed by atoms with Crippen LogP contribution in [-0.2, 0) is 4.79 Å². The maximum atomic E-state index is 12.3. The molecule has 6 nitrogen and oxygen atoms in total. The zero-order chi connectivity index (χ0) is 18.9. The molecule has 0 aliphatic carbocycles. The lowest BCUT2D eigenvalue weighted by Crippen LogP contribution is -2.28. The van der Waals surface area contributed by atoms with Crippen LogP contribution in [0.2, 0.25) is 0 Å². The Morgan fingerprint density at radius 2 is 1.88 bits per heavy atom. The minimum atomic E-state index is -1.33. The summed E-state index contributed by atoms with van der Waals surface area (Å²) in [4.78, 5) is 22.8. The van der Waals surface area contributed by atoms with Crippen LogP contribution in [0.3, 0.4) is 0 Å². The number of methoxy groups -OCH3 is 1. The maximum Gasteiger partial charge on any atom is 0.185 e. The standard InChI is InChI=1S/C20H20O6/c1-3-25-19-11-14(8-10-18(19)24-2)7-9-17(21)15-5-4-6-16(12-15)26-13-20(22)23/h4-12H,3,13H2,1-2H3,(H,22,23)/p-1/b9-7+. The first-order valence-electron chi connectivity index (χ1n) is 7.99. The van der Waals surface area contributed by atoms with Crippen LogP contribution in [-0.4, -0.2) is 32.1 Å². The van der Waals surface area contributed by atoms with Crippen molar-refractivity contribution in [1.82, 2.24) is 0 Å². The minimum absolute atomic E-state index is 0.238. The number of hydrogen-bond acceptors (Lipinski definition) is 6. The Morgan fingerprint density at radius 1 is 1.08 bits per heavy atom. The number of carboxylic acid groups (broad SMARTS) is 1. The molecule has 2 aromatic carbocycles. The Hall–Kier alpha value is -3.28. The summed E-state index contributed by atoms with van der Waals surface area (Å²) in [6, 6.07) is 11.7. The van der Waals surface area contributed by atoms with Crippen molar-refractivity contribution < 1.29 is 28.9 Å². The summed E-state index contributed by atoms with van der Waals surface area (Å²) < 4.78 is 15.8. The lowest BCUT2D eigenvalue weighted by Gasteiger charge is -2.09. The van der Waals surface area contributed by atoms with Gasteiger partial charge in [0.05, 0.1) is 19.7 Å². The molecule has 0 heterocycles. The quantitative estimate of drug-likeness (QED) is 0.506. The lowest BCUT2D eigenvalue weighted by molar-refractivity contribution is -0.307. The van der Waals surface area contributed by atoms with E-state index in [2.05, 4.69) is 0 Å². The average molecular weight is 355 g/mol. The van der Waals surface area contributed by atoms with E-state index in [1.807, 2.05) is 13.0 Å². The molecule has 0 radical (unpaired) electrons. The predicted octanol–water partition coefficient (Wildman–Crippen LogP) is 2.12. The second kappa shape index (κ2) is 9.27. The van der Waals surface area contributed by atoms with Crippen molar-refractivity contribution >= 4 is 17.8 Å². The number of carbonyl (C=O) groups excluding carboxylic acids is 2. The van der Waals surface area contributed by atoms with Crippen LogP contribution in [0.15, 0.2) is 48.5 Å². The lowest BCUT2D eigenvalue weighted by atomic mass is 10.1. The number of benzene rings is 2. The third kappa shape index (κ3) is 5.37. The summed E-state index contributed by atoms with van der Waals surface area (Å²) in [7, 11) is 1.56. The van der Waals surface area contributed by atoms with Gasteiger partial charge in [0.25, 0.3) is 0 Å². The molecule has 0 aliphatic rings. The average Bonchev–Trinajstić information content (AvgIpc) is 2.65. The fraction of sp³-hybridized carbons (Fsp3) is 0.200. The van der Waals surface area contributed by atoms with Crippen molar-refractivity contribution in [3.63, 3.8) is 0 Å². The molecule has 136 valence electrons.